The average molecular weight is 341 g/mol. The lowest BCUT2D eigenvalue weighted by Gasteiger charge is -2.54. The van der Waals surface area contributed by atoms with Crippen LogP contribution in [-0.2, 0) is 9.47 Å². The van der Waals surface area contributed by atoms with Crippen LogP contribution in [0.5, 0.6) is 0 Å². The first-order valence-electron chi connectivity index (χ1n) is 8.89. The second-order valence-corrected chi connectivity index (χ2v) is 7.33. The number of benzene rings is 1. The summed E-state index contributed by atoms with van der Waals surface area (Å²) < 4.78 is 11.7. The molecule has 1 heterocycles. The number of hydrogen-bond acceptors (Lipinski definition) is 3. The van der Waals surface area contributed by atoms with E-state index in [2.05, 4.69) is 38.7 Å². The van der Waals surface area contributed by atoms with Crippen molar-refractivity contribution in [3.63, 3.8) is 0 Å². The Morgan fingerprint density at radius 2 is 2.12 bits per heavy atom. The quantitative estimate of drug-likeness (QED) is 0.811. The zero-order valence-electron chi connectivity index (χ0n) is 15.2. The second kappa shape index (κ2) is 7.04. The minimum absolute atomic E-state index is 0.0324. The number of nitrogens with one attached hydrogen (secondary N) is 1. The van der Waals surface area contributed by atoms with Crippen molar-refractivity contribution in [2.45, 2.75) is 26.9 Å². The highest BCUT2D eigenvalue weighted by Gasteiger charge is 2.53. The molecule has 2 aliphatic rings. The van der Waals surface area contributed by atoms with Gasteiger partial charge < -0.3 is 9.47 Å². The van der Waals surface area contributed by atoms with Crippen molar-refractivity contribution in [2.24, 2.45) is 23.2 Å². The fraction of sp³-hybridized carbons (Fsp3) is 0.476. The minimum Gasteiger partial charge on any atom is -0.449 e. The number of fused-ring (bicyclic) bond motifs is 2. The smallest absolute Gasteiger partial charge is 0.411 e. The van der Waals surface area contributed by atoms with Gasteiger partial charge in [0, 0.05) is 17.0 Å². The number of allylic oxidation sites excluding steroid dienone is 1. The summed E-state index contributed by atoms with van der Waals surface area (Å²) in [6.45, 7) is 11.4. The van der Waals surface area contributed by atoms with Crippen LogP contribution >= 0.6 is 0 Å². The summed E-state index contributed by atoms with van der Waals surface area (Å²) in [7, 11) is 0. The molecule has 1 aliphatic carbocycles. The topological polar surface area (TPSA) is 47.6 Å². The molecule has 4 nitrogen and oxygen atoms in total. The van der Waals surface area contributed by atoms with E-state index in [9.17, 15) is 4.79 Å². The van der Waals surface area contributed by atoms with Gasteiger partial charge >= 0.3 is 6.09 Å². The van der Waals surface area contributed by atoms with Gasteiger partial charge in [-0.1, -0.05) is 49.8 Å². The highest BCUT2D eigenvalue weighted by molar-refractivity contribution is 5.84. The molecule has 1 aliphatic heterocycles. The summed E-state index contributed by atoms with van der Waals surface area (Å²) in [6, 6.07) is 9.34. The van der Waals surface area contributed by atoms with Crippen LogP contribution in [0.1, 0.15) is 20.8 Å². The Morgan fingerprint density at radius 1 is 1.40 bits per heavy atom. The molecule has 0 radical (unpaired) electrons. The normalized spacial score (nSPS) is 34.0. The molecule has 0 aromatic heterocycles. The largest absolute Gasteiger partial charge is 0.449 e. The molecule has 4 heteroatoms. The van der Waals surface area contributed by atoms with E-state index in [1.54, 1.807) is 0 Å². The third-order valence-corrected chi connectivity index (χ3v) is 6.01. The van der Waals surface area contributed by atoms with E-state index < -0.39 is 6.09 Å². The van der Waals surface area contributed by atoms with Gasteiger partial charge in [-0.05, 0) is 30.9 Å². The molecule has 5 atom stereocenters. The van der Waals surface area contributed by atoms with Gasteiger partial charge in [-0.15, -0.1) is 6.58 Å². The first kappa shape index (κ1) is 17.7. The maximum atomic E-state index is 12.2. The summed E-state index contributed by atoms with van der Waals surface area (Å²) in [4.78, 5) is 12.2. The van der Waals surface area contributed by atoms with Crippen molar-refractivity contribution in [1.29, 1.82) is 0 Å². The Morgan fingerprint density at radius 3 is 2.80 bits per heavy atom. The molecule has 1 N–H and O–H groups in total. The van der Waals surface area contributed by atoms with E-state index in [-0.39, 0.29) is 17.4 Å². The van der Waals surface area contributed by atoms with Crippen LogP contribution in [0.2, 0.25) is 0 Å². The van der Waals surface area contributed by atoms with Gasteiger partial charge in [0.05, 0.1) is 12.7 Å². The molecule has 1 saturated heterocycles. The van der Waals surface area contributed by atoms with Gasteiger partial charge in [0.1, 0.15) is 6.61 Å². The van der Waals surface area contributed by atoms with Crippen molar-refractivity contribution in [3.8, 4) is 0 Å². The number of carbonyl (C=O) groups is 1. The lowest BCUT2D eigenvalue weighted by molar-refractivity contribution is -0.148. The molecule has 3 rings (SSSR count). The number of anilines is 1. The summed E-state index contributed by atoms with van der Waals surface area (Å²) in [5, 5.41) is 2.78. The lowest BCUT2D eigenvalue weighted by Crippen LogP contribution is -2.56. The molecule has 2 bridgehead atoms. The molecule has 134 valence electrons. The van der Waals surface area contributed by atoms with Crippen molar-refractivity contribution >= 4 is 11.8 Å². The third-order valence-electron chi connectivity index (χ3n) is 6.01. The van der Waals surface area contributed by atoms with Gasteiger partial charge in [0.25, 0.3) is 0 Å². The molecular formula is C21H27NO3. The summed E-state index contributed by atoms with van der Waals surface area (Å²) in [5.74, 6) is 0.936. The number of ether oxygens (including phenoxy) is 2. The highest BCUT2D eigenvalue weighted by atomic mass is 16.6. The number of rotatable bonds is 4. The minimum atomic E-state index is -0.423. The zero-order valence-corrected chi connectivity index (χ0v) is 15.2. The monoisotopic (exact) mass is 341 g/mol. The standard InChI is InChI=1S/C21H27NO3/c1-5-18-19-14(2)11-15(3)21(12-24-18,16(19)4)13-25-20(23)22-17-9-7-6-8-10-17/h5-11,15-16,18-19H,1,12-13H2,2-4H3,(H,22,23). The molecule has 1 fully saturated rings. The van der Waals surface area contributed by atoms with Crippen LogP contribution in [-0.4, -0.2) is 25.4 Å². The first-order valence-corrected chi connectivity index (χ1v) is 8.89. The van der Waals surface area contributed by atoms with Crippen LogP contribution in [0.4, 0.5) is 10.5 Å². The van der Waals surface area contributed by atoms with Crippen LogP contribution in [0.15, 0.2) is 54.6 Å². The molecule has 5 unspecified atom stereocenters. The lowest BCUT2D eigenvalue weighted by atomic mass is 9.56. The van der Waals surface area contributed by atoms with E-state index in [1.165, 1.54) is 5.57 Å². The van der Waals surface area contributed by atoms with Crippen molar-refractivity contribution in [1.82, 2.24) is 0 Å². The number of hydrogen-bond donors (Lipinski definition) is 1. The first-order chi connectivity index (χ1) is 12.0. The Hall–Kier alpha value is -2.07. The Kier molecular flexibility index (Phi) is 5.00. The zero-order chi connectivity index (χ0) is 18.0. The Balaban J connectivity index is 1.72. The van der Waals surface area contributed by atoms with E-state index in [4.69, 9.17) is 9.47 Å². The SMILES string of the molecule is C=CC1OCC2(COC(=O)Nc3ccccc3)C(C)C=C(C)C1C2C. The van der Waals surface area contributed by atoms with Gasteiger partial charge in [-0.2, -0.15) is 0 Å². The molecule has 25 heavy (non-hydrogen) atoms. The molecule has 1 amide bonds. The highest BCUT2D eigenvalue weighted by Crippen LogP contribution is 2.52. The molecule has 1 aromatic carbocycles. The number of carbonyl (C=O) groups excluding carboxylic acids is 1. The summed E-state index contributed by atoms with van der Waals surface area (Å²) in [5.41, 5.74) is 1.88. The van der Waals surface area contributed by atoms with Crippen LogP contribution in [0, 0.1) is 23.2 Å². The van der Waals surface area contributed by atoms with Gasteiger partial charge in [-0.25, -0.2) is 4.79 Å². The van der Waals surface area contributed by atoms with E-state index in [1.807, 2.05) is 36.4 Å². The average Bonchev–Trinajstić information content (AvgIpc) is 2.59. The van der Waals surface area contributed by atoms with Crippen molar-refractivity contribution in [3.05, 3.63) is 54.6 Å². The van der Waals surface area contributed by atoms with Gasteiger partial charge in [0.2, 0.25) is 0 Å². The molecular weight excluding hydrogens is 314 g/mol. The summed E-state index contributed by atoms with van der Waals surface area (Å²) >= 11 is 0. The fourth-order valence-corrected chi connectivity index (χ4v) is 4.39. The van der Waals surface area contributed by atoms with E-state index in [0.29, 0.717) is 25.0 Å². The van der Waals surface area contributed by atoms with Crippen molar-refractivity contribution < 1.29 is 14.3 Å². The Labute approximate surface area is 149 Å². The van der Waals surface area contributed by atoms with Crippen LogP contribution in [0.25, 0.3) is 0 Å². The maximum absolute atomic E-state index is 12.2. The van der Waals surface area contributed by atoms with Crippen molar-refractivity contribution in [2.75, 3.05) is 18.5 Å². The van der Waals surface area contributed by atoms with Gasteiger partial charge in [-0.3, -0.25) is 5.32 Å². The molecule has 0 saturated carbocycles. The molecule has 0 spiro atoms. The van der Waals surface area contributed by atoms with E-state index in [0.717, 1.165) is 5.69 Å². The molecule has 1 aromatic rings. The maximum Gasteiger partial charge on any atom is 0.411 e. The fourth-order valence-electron chi connectivity index (χ4n) is 4.39. The summed E-state index contributed by atoms with van der Waals surface area (Å²) in [6.07, 6.45) is 3.81. The van der Waals surface area contributed by atoms with Crippen LogP contribution in [0.3, 0.4) is 0 Å². The third kappa shape index (κ3) is 3.23. The predicted octanol–water partition coefficient (Wildman–Crippen LogP) is 4.65. The second-order valence-electron chi connectivity index (χ2n) is 7.33. The van der Waals surface area contributed by atoms with E-state index >= 15 is 0 Å². The number of amides is 1. The number of para-hydroxylation sites is 1. The van der Waals surface area contributed by atoms with Gasteiger partial charge in [0.15, 0.2) is 0 Å². The predicted molar refractivity (Wildman–Crippen MR) is 99.4 cm³/mol. The van der Waals surface area contributed by atoms with Crippen LogP contribution < -0.4 is 5.32 Å². The Bertz CT molecular complexity index is 669.